The van der Waals surface area contributed by atoms with Gasteiger partial charge in [0.05, 0.1) is 0 Å². The molecule has 0 spiro atoms. The molecule has 0 aromatic heterocycles. The Balaban J connectivity index is 7.32. The van der Waals surface area contributed by atoms with Crippen molar-refractivity contribution in [1.82, 2.24) is 0 Å². The maximum atomic E-state index is 13.5. The lowest BCUT2D eigenvalue weighted by atomic mass is 9.82. The first-order valence-electron chi connectivity index (χ1n) is 8.02. The summed E-state index contributed by atoms with van der Waals surface area (Å²) in [4.78, 5) is 0. The van der Waals surface area contributed by atoms with Crippen molar-refractivity contribution in [1.29, 1.82) is 0 Å². The van der Waals surface area contributed by atoms with E-state index in [1.54, 1.807) is 0 Å². The predicted molar refractivity (Wildman–Crippen MR) is 67.2 cm³/mol. The van der Waals surface area contributed by atoms with E-state index in [-0.39, 0.29) is 0 Å². The highest BCUT2D eigenvalue weighted by Gasteiger charge is 2.99. The van der Waals surface area contributed by atoms with Crippen LogP contribution < -0.4 is 0 Å². The maximum absolute atomic E-state index is 13.5. The van der Waals surface area contributed by atoms with E-state index in [0.29, 0.717) is 0 Å². The fraction of sp³-hybridized carbons (Fsp3) is 1.00. The van der Waals surface area contributed by atoms with E-state index in [0.717, 1.165) is 0 Å². The first-order valence-corrected chi connectivity index (χ1v) is 8.02. The van der Waals surface area contributed by atoms with Gasteiger partial charge in [-0.1, -0.05) is 0 Å². The number of aliphatic hydroxyl groups is 1. The Morgan fingerprint density at radius 3 is 0.757 bits per heavy atom. The highest BCUT2D eigenvalue weighted by Crippen LogP contribution is 2.67. The first-order chi connectivity index (χ1) is 15.6. The molecule has 0 atom stereocenters. The van der Waals surface area contributed by atoms with E-state index in [2.05, 4.69) is 0 Å². The third-order valence-electron chi connectivity index (χ3n) is 4.47. The molecule has 37 heavy (non-hydrogen) atoms. The number of rotatable bonds is 10. The molecule has 24 heteroatoms. The van der Waals surface area contributed by atoms with Gasteiger partial charge in [-0.2, -0.15) is 96.6 Å². The molecule has 0 aromatic rings. The Labute approximate surface area is 186 Å². The Hall–Kier alpha value is -1.65. The highest BCUT2D eigenvalue weighted by atomic mass is 19.4. The summed E-state index contributed by atoms with van der Waals surface area (Å²) < 4.78 is 301. The molecule has 0 aromatic carbocycles. The minimum Gasteiger partial charge on any atom is -0.396 e. The smallest absolute Gasteiger partial charge is 0.396 e. The highest BCUT2D eigenvalue weighted by molar-refractivity contribution is 5.20. The summed E-state index contributed by atoms with van der Waals surface area (Å²) in [5.41, 5.74) is -9.02. The monoisotopic (exact) mass is 614 g/mol. The van der Waals surface area contributed by atoms with Crippen LogP contribution in [0.4, 0.5) is 101 Å². The van der Waals surface area contributed by atoms with E-state index in [4.69, 9.17) is 5.11 Å². The Morgan fingerprint density at radius 1 is 0.324 bits per heavy atom. The van der Waals surface area contributed by atoms with E-state index < -0.39 is 78.4 Å². The fourth-order valence-corrected chi connectivity index (χ4v) is 2.25. The van der Waals surface area contributed by atoms with Crippen LogP contribution in [0.25, 0.3) is 0 Å². The molecule has 0 heterocycles. The second-order valence-electron chi connectivity index (χ2n) is 6.85. The van der Waals surface area contributed by atoms with Crippen molar-refractivity contribution in [3.8, 4) is 0 Å². The molecular formula is C13H5F23O. The second kappa shape index (κ2) is 8.68. The lowest BCUT2D eigenvalue weighted by molar-refractivity contribution is -0.481. The minimum absolute atomic E-state index is 2.38. The normalized spacial score (nSPS) is 16.9. The first kappa shape index (κ1) is 35.4. The molecule has 0 saturated carbocycles. The number of halogens is 23. The van der Waals surface area contributed by atoms with Crippen LogP contribution in [-0.4, -0.2) is 77.1 Å². The molecule has 0 radical (unpaired) electrons. The van der Waals surface area contributed by atoms with Crippen LogP contribution >= 0.6 is 0 Å². The summed E-state index contributed by atoms with van der Waals surface area (Å²) in [5, 5.41) is 8.01. The van der Waals surface area contributed by atoms with Gasteiger partial charge < -0.3 is 5.11 Å². The van der Waals surface area contributed by atoms with Crippen molar-refractivity contribution in [2.45, 2.75) is 71.8 Å². The summed E-state index contributed by atoms with van der Waals surface area (Å²) in [7, 11) is 0. The lowest BCUT2D eigenvalue weighted by Crippen LogP contribution is -2.79. The molecule has 1 nitrogen and oxygen atoms in total. The molecular weight excluding hydrogens is 609 g/mol. The zero-order valence-corrected chi connectivity index (χ0v) is 16.1. The number of alkyl halides is 23. The van der Waals surface area contributed by atoms with Crippen molar-refractivity contribution < 1.29 is 106 Å². The van der Waals surface area contributed by atoms with Crippen LogP contribution in [0.5, 0.6) is 0 Å². The lowest BCUT2D eigenvalue weighted by Gasteiger charge is -2.46. The Morgan fingerprint density at radius 2 is 0.541 bits per heavy atom. The van der Waals surface area contributed by atoms with E-state index in [1.165, 1.54) is 0 Å². The molecule has 0 amide bonds. The quantitative estimate of drug-likeness (QED) is 0.257. The van der Waals surface area contributed by atoms with Crippen LogP contribution in [0.2, 0.25) is 0 Å². The minimum atomic E-state index is -9.47. The summed E-state index contributed by atoms with van der Waals surface area (Å²) in [6, 6.07) is 0. The van der Waals surface area contributed by atoms with E-state index in [9.17, 15) is 101 Å². The number of hydrogen-bond acceptors (Lipinski definition) is 1. The van der Waals surface area contributed by atoms with E-state index >= 15 is 0 Å². The average molecular weight is 614 g/mol. The standard InChI is InChI=1S/C13H5F23O/c14-3(15,1-2-37)5(17,18)7(21,22)9(25,26)11(29,30)10(27,28)8(23,24)6(19,20)4(16,12(31,32)33)13(34,35)36/h37H,1-2H2. The van der Waals surface area contributed by atoms with Crippen molar-refractivity contribution in [2.24, 2.45) is 0 Å². The summed E-state index contributed by atoms with van der Waals surface area (Å²) >= 11 is 0. The van der Waals surface area contributed by atoms with Gasteiger partial charge in [0, 0.05) is 13.0 Å². The van der Waals surface area contributed by atoms with Gasteiger partial charge in [-0.25, -0.2) is 4.39 Å². The molecule has 1 N–H and O–H groups in total. The van der Waals surface area contributed by atoms with Gasteiger partial charge in [0.1, 0.15) is 0 Å². The molecule has 224 valence electrons. The van der Waals surface area contributed by atoms with Gasteiger partial charge in [-0.3, -0.25) is 0 Å². The van der Waals surface area contributed by atoms with Gasteiger partial charge in [0.15, 0.2) is 0 Å². The predicted octanol–water partition coefficient (Wildman–Crippen LogP) is 7.28. The van der Waals surface area contributed by atoms with Gasteiger partial charge in [0.25, 0.3) is 0 Å². The molecule has 0 saturated heterocycles. The van der Waals surface area contributed by atoms with Gasteiger partial charge >= 0.3 is 65.4 Å². The zero-order valence-electron chi connectivity index (χ0n) is 16.1. The molecule has 0 fully saturated rings. The van der Waals surface area contributed by atoms with Crippen molar-refractivity contribution >= 4 is 0 Å². The molecule has 0 aliphatic rings. The SMILES string of the molecule is OCCC(F)(F)C(F)(F)C(F)(F)C(F)(F)C(F)(F)C(F)(F)C(F)(F)C(F)(F)C(F)(C(F)(F)F)C(F)(F)F. The molecule has 0 aliphatic carbocycles. The fourth-order valence-electron chi connectivity index (χ4n) is 2.25. The molecule has 0 bridgehead atoms. The second-order valence-corrected chi connectivity index (χ2v) is 6.85. The number of hydrogen-bond donors (Lipinski definition) is 1. The maximum Gasteiger partial charge on any atom is 0.438 e. The topological polar surface area (TPSA) is 20.2 Å². The third kappa shape index (κ3) is 4.22. The third-order valence-corrected chi connectivity index (χ3v) is 4.47. The molecule has 0 unspecified atom stereocenters. The van der Waals surface area contributed by atoms with Gasteiger partial charge in [-0.05, 0) is 0 Å². The Kier molecular flexibility index (Phi) is 8.29. The molecule has 0 aliphatic heterocycles. The number of aliphatic hydroxyl groups excluding tert-OH is 1. The van der Waals surface area contributed by atoms with Crippen LogP contribution in [0.3, 0.4) is 0 Å². The van der Waals surface area contributed by atoms with Gasteiger partial charge in [0.2, 0.25) is 0 Å². The van der Waals surface area contributed by atoms with Crippen LogP contribution in [0, 0.1) is 0 Å². The van der Waals surface area contributed by atoms with Crippen molar-refractivity contribution in [3.63, 3.8) is 0 Å². The molecule has 0 rings (SSSR count). The average Bonchev–Trinajstić information content (AvgIpc) is 2.64. The van der Waals surface area contributed by atoms with E-state index in [1.807, 2.05) is 0 Å². The summed E-state index contributed by atoms with van der Waals surface area (Å²) in [6.45, 7) is -2.38. The zero-order chi connectivity index (χ0) is 30.9. The largest absolute Gasteiger partial charge is 0.438 e. The van der Waals surface area contributed by atoms with Crippen LogP contribution in [0.1, 0.15) is 6.42 Å². The van der Waals surface area contributed by atoms with Crippen molar-refractivity contribution in [3.05, 3.63) is 0 Å². The van der Waals surface area contributed by atoms with Gasteiger partial charge in [-0.15, -0.1) is 0 Å². The summed E-state index contributed by atoms with van der Waals surface area (Å²) in [6.07, 6.45) is -20.1. The Bertz CT molecular complexity index is 801. The van der Waals surface area contributed by atoms with Crippen LogP contribution in [-0.2, 0) is 0 Å². The summed E-state index contributed by atoms with van der Waals surface area (Å²) in [5.74, 6) is -70.5. The van der Waals surface area contributed by atoms with Crippen LogP contribution in [0.15, 0.2) is 0 Å². The van der Waals surface area contributed by atoms with Crippen molar-refractivity contribution in [2.75, 3.05) is 6.61 Å².